The highest BCUT2D eigenvalue weighted by molar-refractivity contribution is 9.10. The summed E-state index contributed by atoms with van der Waals surface area (Å²) < 4.78 is 6.41. The Kier molecular flexibility index (Phi) is 8.40. The van der Waals surface area contributed by atoms with E-state index in [1.165, 1.54) is 5.56 Å². The molecule has 3 nitrogen and oxygen atoms in total. The van der Waals surface area contributed by atoms with E-state index in [1.807, 2.05) is 79.7 Å². The SMILES string of the molecule is CCOC(=O)C(CCCc1ccc(Br)cc1)N=C(c1ccccc1)c1ccccc1. The van der Waals surface area contributed by atoms with Crippen molar-refractivity contribution in [1.29, 1.82) is 0 Å². The highest BCUT2D eigenvalue weighted by Gasteiger charge is 2.20. The zero-order chi connectivity index (χ0) is 21.2. The van der Waals surface area contributed by atoms with E-state index in [-0.39, 0.29) is 5.97 Å². The first-order valence-electron chi connectivity index (χ1n) is 10.3. The van der Waals surface area contributed by atoms with Gasteiger partial charge in [0.05, 0.1) is 12.3 Å². The van der Waals surface area contributed by atoms with Gasteiger partial charge in [0.25, 0.3) is 0 Å². The molecular formula is C26H26BrNO2. The van der Waals surface area contributed by atoms with E-state index in [2.05, 4.69) is 28.1 Å². The van der Waals surface area contributed by atoms with E-state index in [0.29, 0.717) is 13.0 Å². The quantitative estimate of drug-likeness (QED) is 0.278. The second-order valence-corrected chi connectivity index (χ2v) is 7.91. The largest absolute Gasteiger partial charge is 0.464 e. The summed E-state index contributed by atoms with van der Waals surface area (Å²) in [4.78, 5) is 17.6. The topological polar surface area (TPSA) is 38.7 Å². The molecule has 4 heteroatoms. The van der Waals surface area contributed by atoms with Gasteiger partial charge in [0.15, 0.2) is 0 Å². The number of carbonyl (C=O) groups is 1. The Hall–Kier alpha value is -2.72. The minimum atomic E-state index is -0.532. The second-order valence-electron chi connectivity index (χ2n) is 7.00. The van der Waals surface area contributed by atoms with Crippen LogP contribution in [0.25, 0.3) is 0 Å². The fourth-order valence-corrected chi connectivity index (χ4v) is 3.55. The van der Waals surface area contributed by atoms with Crippen molar-refractivity contribution in [3.8, 4) is 0 Å². The number of ether oxygens (including phenoxy) is 1. The molecule has 1 unspecified atom stereocenters. The molecule has 0 aliphatic rings. The van der Waals surface area contributed by atoms with Crippen LogP contribution in [0.3, 0.4) is 0 Å². The summed E-state index contributed by atoms with van der Waals surface area (Å²) in [5, 5.41) is 0. The first-order valence-corrected chi connectivity index (χ1v) is 11.1. The van der Waals surface area contributed by atoms with E-state index in [4.69, 9.17) is 9.73 Å². The third kappa shape index (κ3) is 6.39. The molecule has 154 valence electrons. The summed E-state index contributed by atoms with van der Waals surface area (Å²) in [6.45, 7) is 2.18. The van der Waals surface area contributed by atoms with Crippen molar-refractivity contribution >= 4 is 27.6 Å². The number of aliphatic imine (C=N–C) groups is 1. The van der Waals surface area contributed by atoms with Gasteiger partial charge in [-0.2, -0.15) is 0 Å². The van der Waals surface area contributed by atoms with Crippen molar-refractivity contribution in [3.05, 3.63) is 106 Å². The number of rotatable bonds is 9. The normalized spacial score (nSPS) is 11.5. The minimum Gasteiger partial charge on any atom is -0.464 e. The van der Waals surface area contributed by atoms with Crippen LogP contribution < -0.4 is 0 Å². The highest BCUT2D eigenvalue weighted by atomic mass is 79.9. The molecule has 0 radical (unpaired) electrons. The number of aryl methyl sites for hydroxylation is 1. The van der Waals surface area contributed by atoms with Gasteiger partial charge in [-0.3, -0.25) is 4.99 Å². The molecule has 0 bridgehead atoms. The molecule has 0 N–H and O–H groups in total. The third-order valence-electron chi connectivity index (χ3n) is 4.79. The molecule has 3 rings (SSSR count). The Balaban J connectivity index is 1.85. The van der Waals surface area contributed by atoms with Crippen LogP contribution in [0.1, 0.15) is 36.5 Å². The molecular weight excluding hydrogens is 438 g/mol. The molecule has 0 heterocycles. The van der Waals surface area contributed by atoms with E-state index in [9.17, 15) is 4.79 Å². The second kappa shape index (κ2) is 11.5. The number of hydrogen-bond acceptors (Lipinski definition) is 3. The molecule has 30 heavy (non-hydrogen) atoms. The van der Waals surface area contributed by atoms with Crippen LogP contribution in [0.15, 0.2) is 94.4 Å². The Labute approximate surface area is 187 Å². The van der Waals surface area contributed by atoms with Crippen molar-refractivity contribution in [1.82, 2.24) is 0 Å². The van der Waals surface area contributed by atoms with E-state index in [1.54, 1.807) is 0 Å². The van der Waals surface area contributed by atoms with Crippen LogP contribution in [-0.2, 0) is 16.0 Å². The lowest BCUT2D eigenvalue weighted by Crippen LogP contribution is -2.24. The van der Waals surface area contributed by atoms with E-state index < -0.39 is 6.04 Å². The average molecular weight is 464 g/mol. The predicted molar refractivity (Wildman–Crippen MR) is 126 cm³/mol. The first kappa shape index (κ1) is 22.0. The fraction of sp³-hybridized carbons (Fsp3) is 0.231. The summed E-state index contributed by atoms with van der Waals surface area (Å²) in [5.41, 5.74) is 4.05. The van der Waals surface area contributed by atoms with Gasteiger partial charge in [0, 0.05) is 15.6 Å². The molecule has 0 saturated heterocycles. The molecule has 0 aromatic heterocycles. The van der Waals surface area contributed by atoms with Crippen molar-refractivity contribution in [2.24, 2.45) is 4.99 Å². The lowest BCUT2D eigenvalue weighted by molar-refractivity contribution is -0.144. The van der Waals surface area contributed by atoms with Crippen LogP contribution in [0, 0.1) is 0 Å². The summed E-state index contributed by atoms with van der Waals surface area (Å²) in [6, 6.07) is 27.8. The molecule has 0 spiro atoms. The lowest BCUT2D eigenvalue weighted by Gasteiger charge is -2.15. The van der Waals surface area contributed by atoms with Crippen LogP contribution in [-0.4, -0.2) is 24.3 Å². The predicted octanol–water partition coefficient (Wildman–Crippen LogP) is 6.24. The molecule has 3 aromatic rings. The van der Waals surface area contributed by atoms with Crippen LogP contribution >= 0.6 is 15.9 Å². The van der Waals surface area contributed by atoms with Gasteiger partial charge in [0.1, 0.15) is 6.04 Å². The monoisotopic (exact) mass is 463 g/mol. The smallest absolute Gasteiger partial charge is 0.330 e. The van der Waals surface area contributed by atoms with Gasteiger partial charge in [-0.25, -0.2) is 4.79 Å². The lowest BCUT2D eigenvalue weighted by atomic mass is 10.0. The molecule has 0 amide bonds. The maximum absolute atomic E-state index is 12.7. The van der Waals surface area contributed by atoms with E-state index >= 15 is 0 Å². The molecule has 0 saturated carbocycles. The van der Waals surface area contributed by atoms with Crippen molar-refractivity contribution in [2.75, 3.05) is 6.61 Å². The maximum atomic E-state index is 12.7. The van der Waals surface area contributed by atoms with Crippen molar-refractivity contribution in [3.63, 3.8) is 0 Å². The number of hydrogen-bond donors (Lipinski definition) is 0. The van der Waals surface area contributed by atoms with Crippen LogP contribution in [0.2, 0.25) is 0 Å². The van der Waals surface area contributed by atoms with Gasteiger partial charge in [-0.05, 0) is 43.9 Å². The Morgan fingerprint density at radius 2 is 1.47 bits per heavy atom. The number of carbonyl (C=O) groups excluding carboxylic acids is 1. The molecule has 3 aromatic carbocycles. The standard InChI is InChI=1S/C26H26BrNO2/c1-2-30-26(29)24(15-9-10-20-16-18-23(27)19-17-20)28-25(21-11-5-3-6-12-21)22-13-7-4-8-14-22/h3-8,11-14,16-19,24H,2,9-10,15H2,1H3. The van der Waals surface area contributed by atoms with Gasteiger partial charge in [-0.1, -0.05) is 88.7 Å². The number of esters is 1. The summed E-state index contributed by atoms with van der Waals surface area (Å²) >= 11 is 3.47. The third-order valence-corrected chi connectivity index (χ3v) is 5.32. The van der Waals surface area contributed by atoms with Gasteiger partial charge < -0.3 is 4.74 Å². The zero-order valence-electron chi connectivity index (χ0n) is 17.1. The fourth-order valence-electron chi connectivity index (χ4n) is 3.29. The molecule has 0 aliphatic heterocycles. The first-order chi connectivity index (χ1) is 14.7. The van der Waals surface area contributed by atoms with Crippen LogP contribution in [0.5, 0.6) is 0 Å². The highest BCUT2D eigenvalue weighted by Crippen LogP contribution is 2.17. The Morgan fingerprint density at radius 1 is 0.900 bits per heavy atom. The van der Waals surface area contributed by atoms with Crippen molar-refractivity contribution < 1.29 is 9.53 Å². The Morgan fingerprint density at radius 3 is 2.00 bits per heavy atom. The van der Waals surface area contributed by atoms with Gasteiger partial charge in [-0.15, -0.1) is 0 Å². The molecule has 0 fully saturated rings. The Bertz CT molecular complexity index is 912. The minimum absolute atomic E-state index is 0.266. The summed E-state index contributed by atoms with van der Waals surface area (Å²) in [5.74, 6) is -0.266. The van der Waals surface area contributed by atoms with Crippen molar-refractivity contribution in [2.45, 2.75) is 32.2 Å². The summed E-state index contributed by atoms with van der Waals surface area (Å²) in [6.07, 6.45) is 2.38. The molecule has 0 aliphatic carbocycles. The van der Waals surface area contributed by atoms with Gasteiger partial charge in [0.2, 0.25) is 0 Å². The number of halogens is 1. The zero-order valence-corrected chi connectivity index (χ0v) is 18.7. The van der Waals surface area contributed by atoms with Crippen LogP contribution in [0.4, 0.5) is 0 Å². The summed E-state index contributed by atoms with van der Waals surface area (Å²) in [7, 11) is 0. The van der Waals surface area contributed by atoms with Gasteiger partial charge >= 0.3 is 5.97 Å². The number of benzene rings is 3. The maximum Gasteiger partial charge on any atom is 0.330 e. The van der Waals surface area contributed by atoms with E-state index in [0.717, 1.165) is 34.2 Å². The average Bonchev–Trinajstić information content (AvgIpc) is 2.78. The number of nitrogens with zero attached hydrogens (tertiary/aromatic N) is 1. The molecule has 1 atom stereocenters.